The Balaban J connectivity index is 1.48. The van der Waals surface area contributed by atoms with Crippen LogP contribution >= 0.6 is 0 Å². The SMILES string of the molecule is CCn1c(C)nc2ccc(-c3ccn4nc(NCC5(F)CCC5)ncc34)nc21. The molecule has 1 N–H and O–H groups in total. The number of fused-ring (bicyclic) bond motifs is 2. The maximum Gasteiger partial charge on any atom is 0.241 e. The molecule has 0 spiro atoms. The predicted octanol–water partition coefficient (Wildman–Crippen LogP) is 3.77. The van der Waals surface area contributed by atoms with Crippen LogP contribution in [-0.2, 0) is 6.54 Å². The summed E-state index contributed by atoms with van der Waals surface area (Å²) >= 11 is 0. The molecule has 0 bridgehead atoms. The highest BCUT2D eigenvalue weighted by Crippen LogP contribution is 2.35. The van der Waals surface area contributed by atoms with Crippen LogP contribution in [0.1, 0.15) is 32.0 Å². The van der Waals surface area contributed by atoms with Gasteiger partial charge in [0.2, 0.25) is 5.95 Å². The number of nitrogens with one attached hydrogen (secondary N) is 1. The number of imidazole rings is 1. The zero-order valence-electron chi connectivity index (χ0n) is 16.0. The van der Waals surface area contributed by atoms with Gasteiger partial charge in [0, 0.05) is 18.3 Å². The summed E-state index contributed by atoms with van der Waals surface area (Å²) in [5.41, 5.74) is 3.33. The fourth-order valence-corrected chi connectivity index (χ4v) is 3.82. The van der Waals surface area contributed by atoms with Crippen molar-refractivity contribution in [2.75, 3.05) is 11.9 Å². The minimum Gasteiger partial charge on any atom is -0.350 e. The zero-order chi connectivity index (χ0) is 19.3. The van der Waals surface area contributed by atoms with Crippen LogP contribution in [-0.4, -0.2) is 41.3 Å². The lowest BCUT2D eigenvalue weighted by atomic mass is 9.82. The van der Waals surface area contributed by atoms with E-state index in [1.54, 1.807) is 10.7 Å². The van der Waals surface area contributed by atoms with Gasteiger partial charge in [-0.15, -0.1) is 5.10 Å². The van der Waals surface area contributed by atoms with E-state index in [2.05, 4.69) is 31.9 Å². The number of rotatable bonds is 5. The number of anilines is 1. The second kappa shape index (κ2) is 6.25. The number of pyridine rings is 1. The number of nitrogens with zero attached hydrogens (tertiary/aromatic N) is 6. The molecule has 0 atom stereocenters. The van der Waals surface area contributed by atoms with Crippen LogP contribution in [0, 0.1) is 6.92 Å². The Hall–Kier alpha value is -3.03. The molecule has 8 heteroatoms. The lowest BCUT2D eigenvalue weighted by Gasteiger charge is -2.33. The summed E-state index contributed by atoms with van der Waals surface area (Å²) < 4.78 is 18.0. The lowest BCUT2D eigenvalue weighted by molar-refractivity contribution is 0.0782. The summed E-state index contributed by atoms with van der Waals surface area (Å²) in [6.45, 7) is 5.16. The monoisotopic (exact) mass is 379 g/mol. The van der Waals surface area contributed by atoms with Crippen LogP contribution in [0.25, 0.3) is 27.9 Å². The van der Waals surface area contributed by atoms with Crippen LogP contribution in [0.4, 0.5) is 10.3 Å². The predicted molar refractivity (Wildman–Crippen MR) is 106 cm³/mol. The number of alkyl halides is 1. The third-order valence-corrected chi connectivity index (χ3v) is 5.60. The van der Waals surface area contributed by atoms with E-state index in [1.807, 2.05) is 31.3 Å². The van der Waals surface area contributed by atoms with Crippen LogP contribution < -0.4 is 5.32 Å². The molecule has 0 aliphatic heterocycles. The highest BCUT2D eigenvalue weighted by Gasteiger charge is 2.36. The Morgan fingerprint density at radius 2 is 2.07 bits per heavy atom. The molecule has 28 heavy (non-hydrogen) atoms. The maximum absolute atomic E-state index is 14.2. The van der Waals surface area contributed by atoms with E-state index >= 15 is 0 Å². The van der Waals surface area contributed by atoms with Crippen molar-refractivity contribution < 1.29 is 4.39 Å². The molecule has 1 aliphatic rings. The molecule has 0 saturated heterocycles. The standard InChI is InChI=1S/C20H22FN7/c1-3-27-13(2)24-16-6-5-15(25-18(16)27)14-7-10-28-17(14)11-22-19(26-28)23-12-20(21)8-4-9-20/h5-7,10-11H,3-4,8-9,12H2,1-2H3,(H,23,26). The average Bonchev–Trinajstić information content (AvgIpc) is 3.23. The summed E-state index contributed by atoms with van der Waals surface area (Å²) in [6.07, 6.45) is 5.80. The Bertz CT molecular complexity index is 1170. The van der Waals surface area contributed by atoms with Crippen molar-refractivity contribution in [3.05, 3.63) is 36.4 Å². The Morgan fingerprint density at radius 3 is 2.82 bits per heavy atom. The van der Waals surface area contributed by atoms with E-state index in [-0.39, 0.29) is 6.54 Å². The third kappa shape index (κ3) is 2.71. The van der Waals surface area contributed by atoms with Gasteiger partial charge in [-0.1, -0.05) is 0 Å². The first-order valence-corrected chi connectivity index (χ1v) is 9.68. The van der Waals surface area contributed by atoms with Gasteiger partial charge in [0.1, 0.15) is 17.0 Å². The van der Waals surface area contributed by atoms with E-state index in [0.717, 1.165) is 46.7 Å². The molecule has 4 aromatic heterocycles. The maximum atomic E-state index is 14.2. The Labute approximate surface area is 161 Å². The van der Waals surface area contributed by atoms with E-state index in [1.165, 1.54) is 0 Å². The zero-order valence-corrected chi connectivity index (χ0v) is 16.0. The number of hydrogen-bond acceptors (Lipinski definition) is 5. The van der Waals surface area contributed by atoms with Crippen molar-refractivity contribution in [3.63, 3.8) is 0 Å². The summed E-state index contributed by atoms with van der Waals surface area (Å²) in [5.74, 6) is 1.39. The average molecular weight is 379 g/mol. The Kier molecular flexibility index (Phi) is 3.82. The molecular formula is C20H22FN7. The number of hydrogen-bond donors (Lipinski definition) is 1. The van der Waals surface area contributed by atoms with Gasteiger partial charge in [0.05, 0.1) is 24.0 Å². The van der Waals surface area contributed by atoms with Crippen LogP contribution in [0.15, 0.2) is 30.6 Å². The summed E-state index contributed by atoms with van der Waals surface area (Å²) in [6, 6.07) is 5.94. The van der Waals surface area contributed by atoms with Gasteiger partial charge in [-0.2, -0.15) is 0 Å². The summed E-state index contributed by atoms with van der Waals surface area (Å²) in [4.78, 5) is 13.8. The van der Waals surface area contributed by atoms with E-state index in [0.29, 0.717) is 18.8 Å². The van der Waals surface area contributed by atoms with Gasteiger partial charge in [-0.25, -0.2) is 23.9 Å². The molecule has 1 saturated carbocycles. The number of aromatic nitrogens is 6. The first kappa shape index (κ1) is 17.1. The fourth-order valence-electron chi connectivity index (χ4n) is 3.82. The molecule has 4 heterocycles. The van der Waals surface area contributed by atoms with Crippen molar-refractivity contribution >= 4 is 22.6 Å². The van der Waals surface area contributed by atoms with E-state index in [9.17, 15) is 4.39 Å². The molecule has 4 aromatic rings. The van der Waals surface area contributed by atoms with Crippen molar-refractivity contribution in [2.24, 2.45) is 0 Å². The van der Waals surface area contributed by atoms with E-state index < -0.39 is 5.67 Å². The molecule has 0 unspecified atom stereocenters. The normalized spacial score (nSPS) is 15.8. The second-order valence-corrected chi connectivity index (χ2v) is 7.44. The lowest BCUT2D eigenvalue weighted by Crippen LogP contribution is -2.39. The van der Waals surface area contributed by atoms with E-state index in [4.69, 9.17) is 4.98 Å². The molecule has 144 valence electrons. The summed E-state index contributed by atoms with van der Waals surface area (Å²) in [5, 5.41) is 7.49. The van der Waals surface area contributed by atoms with Crippen molar-refractivity contribution in [1.82, 2.24) is 29.1 Å². The highest BCUT2D eigenvalue weighted by molar-refractivity contribution is 5.82. The molecule has 1 fully saturated rings. The van der Waals surface area contributed by atoms with Crippen molar-refractivity contribution in [1.29, 1.82) is 0 Å². The van der Waals surface area contributed by atoms with Crippen LogP contribution in [0.2, 0.25) is 0 Å². The quantitative estimate of drug-likeness (QED) is 0.571. The van der Waals surface area contributed by atoms with Gasteiger partial charge < -0.3 is 9.88 Å². The molecule has 0 radical (unpaired) electrons. The van der Waals surface area contributed by atoms with Crippen LogP contribution in [0.3, 0.4) is 0 Å². The number of halogens is 1. The fraction of sp³-hybridized carbons (Fsp3) is 0.400. The smallest absolute Gasteiger partial charge is 0.241 e. The largest absolute Gasteiger partial charge is 0.350 e. The first-order valence-electron chi connectivity index (χ1n) is 9.68. The van der Waals surface area contributed by atoms with Gasteiger partial charge in [0.25, 0.3) is 0 Å². The van der Waals surface area contributed by atoms with Crippen LogP contribution in [0.5, 0.6) is 0 Å². The molecule has 1 aliphatic carbocycles. The molecule has 7 nitrogen and oxygen atoms in total. The third-order valence-electron chi connectivity index (χ3n) is 5.60. The second-order valence-electron chi connectivity index (χ2n) is 7.44. The van der Waals surface area contributed by atoms with Crippen molar-refractivity contribution in [3.8, 4) is 11.3 Å². The first-order chi connectivity index (χ1) is 13.6. The summed E-state index contributed by atoms with van der Waals surface area (Å²) in [7, 11) is 0. The topological polar surface area (TPSA) is 72.9 Å². The van der Waals surface area contributed by atoms with Gasteiger partial charge in [0.15, 0.2) is 5.65 Å². The molecule has 0 amide bonds. The van der Waals surface area contributed by atoms with Gasteiger partial charge >= 0.3 is 0 Å². The molecular weight excluding hydrogens is 357 g/mol. The van der Waals surface area contributed by atoms with Crippen molar-refractivity contribution in [2.45, 2.75) is 45.3 Å². The minimum absolute atomic E-state index is 0.255. The molecule has 5 rings (SSSR count). The molecule has 0 aromatic carbocycles. The highest BCUT2D eigenvalue weighted by atomic mass is 19.1. The van der Waals surface area contributed by atoms with Gasteiger partial charge in [-0.05, 0) is 51.3 Å². The number of aryl methyl sites for hydroxylation is 2. The Morgan fingerprint density at radius 1 is 1.21 bits per heavy atom. The van der Waals surface area contributed by atoms with Gasteiger partial charge in [-0.3, -0.25) is 0 Å². The minimum atomic E-state index is -1.11.